The van der Waals surface area contributed by atoms with E-state index in [9.17, 15) is 14.9 Å². The van der Waals surface area contributed by atoms with E-state index >= 15 is 0 Å². The summed E-state index contributed by atoms with van der Waals surface area (Å²) < 4.78 is 0. The molecule has 0 radical (unpaired) electrons. The van der Waals surface area contributed by atoms with Crippen molar-refractivity contribution in [2.24, 2.45) is 11.1 Å². The third kappa shape index (κ3) is 2.90. The van der Waals surface area contributed by atoms with E-state index in [-0.39, 0.29) is 23.1 Å². The van der Waals surface area contributed by atoms with Crippen molar-refractivity contribution in [2.75, 3.05) is 13.1 Å². The monoisotopic (exact) mass is 291 g/mol. The minimum atomic E-state index is -0.456. The molecule has 1 saturated heterocycles. The van der Waals surface area contributed by atoms with Gasteiger partial charge in [0.1, 0.15) is 0 Å². The summed E-state index contributed by atoms with van der Waals surface area (Å²) in [6.45, 7) is 6.85. The normalized spacial score (nSPS) is 21.1. The number of nitrogens with zero attached hydrogens (tertiary/aromatic N) is 2. The molecule has 1 unspecified atom stereocenters. The molecule has 1 fully saturated rings. The smallest absolute Gasteiger partial charge is 0.273 e. The van der Waals surface area contributed by atoms with E-state index < -0.39 is 4.92 Å². The number of likely N-dealkylation sites (tertiary alicyclic amines) is 1. The number of carbonyl (C=O) groups excluding carboxylic acids is 1. The molecule has 0 bridgehead atoms. The summed E-state index contributed by atoms with van der Waals surface area (Å²) >= 11 is 0. The first-order valence-electron chi connectivity index (χ1n) is 7.03. The second kappa shape index (κ2) is 5.44. The number of piperidine rings is 1. The average molecular weight is 291 g/mol. The molecule has 1 amide bonds. The van der Waals surface area contributed by atoms with Crippen LogP contribution in [0.1, 0.15) is 36.2 Å². The summed E-state index contributed by atoms with van der Waals surface area (Å²) in [4.78, 5) is 24.9. The Labute approximate surface area is 124 Å². The highest BCUT2D eigenvalue weighted by Gasteiger charge is 2.36. The van der Waals surface area contributed by atoms with Gasteiger partial charge in [-0.1, -0.05) is 19.9 Å². The van der Waals surface area contributed by atoms with Crippen LogP contribution in [-0.2, 0) is 0 Å². The summed E-state index contributed by atoms with van der Waals surface area (Å²) in [5, 5.41) is 11.0. The van der Waals surface area contributed by atoms with Gasteiger partial charge < -0.3 is 10.6 Å². The molecule has 1 aliphatic rings. The van der Waals surface area contributed by atoms with Gasteiger partial charge in [-0.15, -0.1) is 0 Å². The molecule has 0 saturated carbocycles. The number of amides is 1. The summed E-state index contributed by atoms with van der Waals surface area (Å²) in [6, 6.07) is 4.68. The van der Waals surface area contributed by atoms with Crippen LogP contribution in [0.4, 0.5) is 5.69 Å². The molecule has 1 aromatic carbocycles. The third-order valence-electron chi connectivity index (χ3n) is 4.33. The molecule has 1 atom stereocenters. The maximum atomic E-state index is 12.7. The van der Waals surface area contributed by atoms with Crippen LogP contribution in [0, 0.1) is 22.5 Å². The SMILES string of the molecule is Cc1c(C(=O)N2CCC(N)C(C)(C)C2)cccc1[N+](=O)[O-]. The molecule has 0 aromatic heterocycles. The highest BCUT2D eigenvalue weighted by molar-refractivity contribution is 5.96. The average Bonchev–Trinajstić information content (AvgIpc) is 2.41. The lowest BCUT2D eigenvalue weighted by Gasteiger charge is -2.42. The van der Waals surface area contributed by atoms with E-state index in [0.29, 0.717) is 24.2 Å². The summed E-state index contributed by atoms with van der Waals surface area (Å²) in [7, 11) is 0. The fourth-order valence-electron chi connectivity index (χ4n) is 2.77. The van der Waals surface area contributed by atoms with Gasteiger partial charge in [-0.3, -0.25) is 14.9 Å². The van der Waals surface area contributed by atoms with Crippen LogP contribution in [0.25, 0.3) is 0 Å². The zero-order valence-corrected chi connectivity index (χ0v) is 12.6. The van der Waals surface area contributed by atoms with Gasteiger partial charge in [0.15, 0.2) is 0 Å². The molecule has 1 heterocycles. The number of nitro benzene ring substituents is 1. The predicted octanol–water partition coefficient (Wildman–Crippen LogP) is 2.10. The zero-order chi connectivity index (χ0) is 15.8. The van der Waals surface area contributed by atoms with Crippen molar-refractivity contribution in [1.29, 1.82) is 0 Å². The fraction of sp³-hybridized carbons (Fsp3) is 0.533. The first-order valence-corrected chi connectivity index (χ1v) is 7.03. The van der Waals surface area contributed by atoms with Crippen LogP contribution in [0.3, 0.4) is 0 Å². The molecule has 114 valence electrons. The van der Waals surface area contributed by atoms with Crippen molar-refractivity contribution in [3.63, 3.8) is 0 Å². The second-order valence-corrected chi connectivity index (χ2v) is 6.32. The molecule has 1 aromatic rings. The lowest BCUT2D eigenvalue weighted by Crippen LogP contribution is -2.54. The molecular formula is C15H21N3O3. The van der Waals surface area contributed by atoms with Crippen molar-refractivity contribution in [3.05, 3.63) is 39.4 Å². The highest BCUT2D eigenvalue weighted by atomic mass is 16.6. The number of nitrogens with two attached hydrogens (primary N) is 1. The molecule has 0 aliphatic carbocycles. The second-order valence-electron chi connectivity index (χ2n) is 6.32. The Bertz CT molecular complexity index is 584. The minimum Gasteiger partial charge on any atom is -0.338 e. The van der Waals surface area contributed by atoms with Gasteiger partial charge in [0.2, 0.25) is 0 Å². The van der Waals surface area contributed by atoms with Crippen LogP contribution < -0.4 is 5.73 Å². The molecule has 2 rings (SSSR count). The number of carbonyl (C=O) groups is 1. The molecule has 2 N–H and O–H groups in total. The van der Waals surface area contributed by atoms with Gasteiger partial charge in [-0.25, -0.2) is 0 Å². The highest BCUT2D eigenvalue weighted by Crippen LogP contribution is 2.30. The molecule has 6 heteroatoms. The number of benzene rings is 1. The Morgan fingerprint density at radius 3 is 2.71 bits per heavy atom. The standard InChI is InChI=1S/C15H21N3O3/c1-10-11(5-4-6-12(10)18(20)21)14(19)17-8-7-13(16)15(2,3)9-17/h4-6,13H,7-9,16H2,1-3H3. The Kier molecular flexibility index (Phi) is 4.00. The molecule has 0 spiro atoms. The van der Waals surface area contributed by atoms with Crippen LogP contribution in [0.2, 0.25) is 0 Å². The fourth-order valence-corrected chi connectivity index (χ4v) is 2.77. The van der Waals surface area contributed by atoms with E-state index in [1.54, 1.807) is 24.0 Å². The van der Waals surface area contributed by atoms with Crippen LogP contribution in [-0.4, -0.2) is 34.9 Å². The number of hydrogen-bond acceptors (Lipinski definition) is 4. The predicted molar refractivity (Wildman–Crippen MR) is 80.1 cm³/mol. The first kappa shape index (κ1) is 15.4. The summed E-state index contributed by atoms with van der Waals surface area (Å²) in [6.07, 6.45) is 0.743. The Morgan fingerprint density at radius 1 is 1.48 bits per heavy atom. The van der Waals surface area contributed by atoms with Crippen molar-refractivity contribution >= 4 is 11.6 Å². The van der Waals surface area contributed by atoms with Crippen molar-refractivity contribution in [1.82, 2.24) is 4.90 Å². The minimum absolute atomic E-state index is 0.0196. The maximum Gasteiger partial charge on any atom is 0.273 e. The maximum absolute atomic E-state index is 12.7. The summed E-state index contributed by atoms with van der Waals surface area (Å²) in [5.74, 6) is -0.156. The van der Waals surface area contributed by atoms with Gasteiger partial charge in [0.05, 0.1) is 4.92 Å². The van der Waals surface area contributed by atoms with Crippen LogP contribution >= 0.6 is 0 Å². The van der Waals surface area contributed by atoms with E-state index in [1.807, 2.05) is 13.8 Å². The topological polar surface area (TPSA) is 89.5 Å². The van der Waals surface area contributed by atoms with Crippen LogP contribution in [0.5, 0.6) is 0 Å². The van der Waals surface area contributed by atoms with Gasteiger partial charge >= 0.3 is 0 Å². The van der Waals surface area contributed by atoms with E-state index in [2.05, 4.69) is 0 Å². The van der Waals surface area contributed by atoms with E-state index in [4.69, 9.17) is 5.73 Å². The Hall–Kier alpha value is -1.95. The number of nitro groups is 1. The van der Waals surface area contributed by atoms with Crippen molar-refractivity contribution in [3.8, 4) is 0 Å². The Balaban J connectivity index is 2.29. The van der Waals surface area contributed by atoms with Gasteiger partial charge in [-0.05, 0) is 24.8 Å². The van der Waals surface area contributed by atoms with Crippen molar-refractivity contribution < 1.29 is 9.72 Å². The van der Waals surface area contributed by atoms with Gasteiger partial charge in [0.25, 0.3) is 11.6 Å². The van der Waals surface area contributed by atoms with E-state index in [0.717, 1.165) is 6.42 Å². The number of hydrogen-bond donors (Lipinski definition) is 1. The largest absolute Gasteiger partial charge is 0.338 e. The van der Waals surface area contributed by atoms with Gasteiger partial charge in [-0.2, -0.15) is 0 Å². The summed E-state index contributed by atoms with van der Waals surface area (Å²) in [5.41, 5.74) is 6.73. The first-order chi connectivity index (χ1) is 9.74. The molecule has 1 aliphatic heterocycles. The Morgan fingerprint density at radius 2 is 2.14 bits per heavy atom. The molecule has 6 nitrogen and oxygen atoms in total. The van der Waals surface area contributed by atoms with Crippen LogP contribution in [0.15, 0.2) is 18.2 Å². The zero-order valence-electron chi connectivity index (χ0n) is 12.6. The lowest BCUT2D eigenvalue weighted by atomic mass is 9.79. The molecule has 21 heavy (non-hydrogen) atoms. The van der Waals surface area contributed by atoms with Gasteiger partial charge in [0, 0.05) is 36.3 Å². The lowest BCUT2D eigenvalue weighted by molar-refractivity contribution is -0.385. The third-order valence-corrected chi connectivity index (χ3v) is 4.33. The quantitative estimate of drug-likeness (QED) is 0.667. The van der Waals surface area contributed by atoms with Crippen molar-refractivity contribution in [2.45, 2.75) is 33.2 Å². The van der Waals surface area contributed by atoms with E-state index in [1.165, 1.54) is 6.07 Å². The number of rotatable bonds is 2. The molecular weight excluding hydrogens is 270 g/mol.